The van der Waals surface area contributed by atoms with Crippen LogP contribution in [0.25, 0.3) is 0 Å². The molecule has 144 valence electrons. The molecule has 1 saturated carbocycles. The minimum atomic E-state index is -0.452. The predicted octanol–water partition coefficient (Wildman–Crippen LogP) is 1.13. The smallest absolute Gasteiger partial charge is 0.273 e. The summed E-state index contributed by atoms with van der Waals surface area (Å²) in [6, 6.07) is 5.43. The third-order valence-corrected chi connectivity index (χ3v) is 6.01. The molecular weight excluding hydrogens is 346 g/mol. The average molecular weight is 371 g/mol. The molecule has 2 fully saturated rings. The third-order valence-electron chi connectivity index (χ3n) is 6.01. The van der Waals surface area contributed by atoms with Gasteiger partial charge in [-0.2, -0.15) is 5.01 Å². The van der Waals surface area contributed by atoms with Gasteiger partial charge in [0, 0.05) is 24.4 Å². The molecule has 0 unspecified atom stereocenters. The molecule has 27 heavy (non-hydrogen) atoms. The number of hydrogen-bond donors (Lipinski definition) is 2. The van der Waals surface area contributed by atoms with Crippen LogP contribution >= 0.6 is 0 Å². The van der Waals surface area contributed by atoms with E-state index in [4.69, 9.17) is 5.73 Å². The summed E-state index contributed by atoms with van der Waals surface area (Å²) < 4.78 is 0. The number of nitrogens with two attached hydrogens (primary N) is 1. The summed E-state index contributed by atoms with van der Waals surface area (Å²) in [4.78, 5) is 37.0. The minimum Gasteiger partial charge on any atom is -0.392 e. The standard InChI is InChI=1S/C20H25N3O4/c21-19-13(3-1-4-16(19)24)9-12-7-8-15-14(10-12)11-22(20(15)27)23-17(25)5-2-6-18(23)26/h7-8,10,13,16,19,24H,1-6,9,11,21H2/t13-,16+,19-/m1/s1. The molecule has 3 N–H and O–H groups in total. The lowest BCUT2D eigenvalue weighted by Crippen LogP contribution is -2.51. The first kappa shape index (κ1) is 18.1. The number of carbonyl (C=O) groups is 3. The number of hydrogen-bond acceptors (Lipinski definition) is 5. The number of benzene rings is 1. The van der Waals surface area contributed by atoms with Crippen molar-refractivity contribution < 1.29 is 19.5 Å². The maximum absolute atomic E-state index is 12.7. The van der Waals surface area contributed by atoms with Crippen molar-refractivity contribution in [3.8, 4) is 0 Å². The van der Waals surface area contributed by atoms with Gasteiger partial charge in [0.2, 0.25) is 11.8 Å². The van der Waals surface area contributed by atoms with Crippen LogP contribution in [0, 0.1) is 5.92 Å². The Balaban J connectivity index is 1.52. The van der Waals surface area contributed by atoms with Crippen molar-refractivity contribution in [1.82, 2.24) is 10.0 Å². The van der Waals surface area contributed by atoms with E-state index >= 15 is 0 Å². The summed E-state index contributed by atoms with van der Waals surface area (Å²) in [6.07, 6.45) is 4.13. The van der Waals surface area contributed by atoms with Gasteiger partial charge in [-0.25, -0.2) is 5.01 Å². The molecule has 3 aliphatic rings. The van der Waals surface area contributed by atoms with E-state index in [1.54, 1.807) is 6.07 Å². The van der Waals surface area contributed by atoms with Gasteiger partial charge in [0.15, 0.2) is 0 Å². The zero-order valence-corrected chi connectivity index (χ0v) is 15.3. The van der Waals surface area contributed by atoms with Gasteiger partial charge in [-0.1, -0.05) is 18.6 Å². The predicted molar refractivity (Wildman–Crippen MR) is 97.0 cm³/mol. The molecule has 0 bridgehead atoms. The molecular formula is C20H25N3O4. The number of aliphatic hydroxyl groups is 1. The Morgan fingerprint density at radius 3 is 2.56 bits per heavy atom. The Labute approximate surface area is 158 Å². The second kappa shape index (κ2) is 7.05. The Morgan fingerprint density at radius 1 is 1.07 bits per heavy atom. The number of amides is 3. The first-order valence-corrected chi connectivity index (χ1v) is 9.68. The van der Waals surface area contributed by atoms with Crippen molar-refractivity contribution in [2.75, 3.05) is 0 Å². The van der Waals surface area contributed by atoms with Crippen LogP contribution in [0.2, 0.25) is 0 Å². The molecule has 3 atom stereocenters. The number of aliphatic hydroxyl groups excluding tert-OH is 1. The molecule has 3 amide bonds. The molecule has 7 nitrogen and oxygen atoms in total. The van der Waals surface area contributed by atoms with Crippen LogP contribution in [0.5, 0.6) is 0 Å². The lowest BCUT2D eigenvalue weighted by molar-refractivity contribution is -0.163. The summed E-state index contributed by atoms with van der Waals surface area (Å²) in [5.74, 6) is -0.709. The molecule has 0 spiro atoms. The second-order valence-corrected chi connectivity index (χ2v) is 7.85. The highest BCUT2D eigenvalue weighted by atomic mass is 16.3. The van der Waals surface area contributed by atoms with Gasteiger partial charge in [0.05, 0.1) is 12.6 Å². The monoisotopic (exact) mass is 371 g/mol. The number of nitrogens with zero attached hydrogens (tertiary/aromatic N) is 2. The minimum absolute atomic E-state index is 0.213. The van der Waals surface area contributed by atoms with E-state index in [0.29, 0.717) is 24.8 Å². The number of carbonyl (C=O) groups excluding carboxylic acids is 3. The van der Waals surface area contributed by atoms with Gasteiger partial charge in [0.1, 0.15) is 0 Å². The van der Waals surface area contributed by atoms with E-state index in [2.05, 4.69) is 0 Å². The maximum Gasteiger partial charge on any atom is 0.273 e. The molecule has 1 saturated heterocycles. The summed E-state index contributed by atoms with van der Waals surface area (Å²) in [6.45, 7) is 0.235. The second-order valence-electron chi connectivity index (χ2n) is 7.85. The summed E-state index contributed by atoms with van der Waals surface area (Å²) in [7, 11) is 0. The number of piperidine rings is 1. The molecule has 7 heteroatoms. The first-order chi connectivity index (χ1) is 13.0. The zero-order valence-electron chi connectivity index (χ0n) is 15.3. The molecule has 1 aliphatic carbocycles. The van der Waals surface area contributed by atoms with E-state index < -0.39 is 6.10 Å². The fourth-order valence-electron chi connectivity index (χ4n) is 4.49. The van der Waals surface area contributed by atoms with Crippen molar-refractivity contribution >= 4 is 17.7 Å². The van der Waals surface area contributed by atoms with Crippen molar-refractivity contribution in [3.63, 3.8) is 0 Å². The van der Waals surface area contributed by atoms with E-state index in [9.17, 15) is 19.5 Å². The van der Waals surface area contributed by atoms with Gasteiger partial charge in [-0.15, -0.1) is 0 Å². The molecule has 4 rings (SSSR count). The Hall–Kier alpha value is -2.25. The lowest BCUT2D eigenvalue weighted by Gasteiger charge is -2.33. The quantitative estimate of drug-likeness (QED) is 0.775. The largest absolute Gasteiger partial charge is 0.392 e. The topological polar surface area (TPSA) is 104 Å². The number of fused-ring (bicyclic) bond motifs is 1. The zero-order chi connectivity index (χ0) is 19.1. The third kappa shape index (κ3) is 3.26. The van der Waals surface area contributed by atoms with Crippen LogP contribution in [0.3, 0.4) is 0 Å². The summed E-state index contributed by atoms with van der Waals surface area (Å²) in [5.41, 5.74) is 8.59. The average Bonchev–Trinajstić information content (AvgIpc) is 2.95. The molecule has 1 aromatic rings. The highest BCUT2D eigenvalue weighted by Crippen LogP contribution is 2.31. The van der Waals surface area contributed by atoms with Crippen LogP contribution < -0.4 is 5.73 Å². The van der Waals surface area contributed by atoms with Gasteiger partial charge in [-0.05, 0) is 48.8 Å². The Morgan fingerprint density at radius 2 is 1.81 bits per heavy atom. The van der Waals surface area contributed by atoms with Gasteiger partial charge >= 0.3 is 0 Å². The highest BCUT2D eigenvalue weighted by Gasteiger charge is 2.39. The number of rotatable bonds is 3. The van der Waals surface area contributed by atoms with Crippen LogP contribution in [0.1, 0.15) is 60.0 Å². The van der Waals surface area contributed by atoms with Crippen LogP contribution in [-0.2, 0) is 22.6 Å². The van der Waals surface area contributed by atoms with Gasteiger partial charge in [0.25, 0.3) is 5.91 Å². The maximum atomic E-state index is 12.7. The summed E-state index contributed by atoms with van der Waals surface area (Å²) >= 11 is 0. The lowest BCUT2D eigenvalue weighted by atomic mass is 9.79. The summed E-state index contributed by atoms with van der Waals surface area (Å²) in [5, 5.41) is 12.3. The van der Waals surface area contributed by atoms with Crippen molar-refractivity contribution in [3.05, 3.63) is 34.9 Å². The van der Waals surface area contributed by atoms with Crippen molar-refractivity contribution in [1.29, 1.82) is 0 Å². The molecule has 2 heterocycles. The SMILES string of the molecule is N[C@@H]1[C@@H](Cc2ccc3c(c2)CN(N2C(=O)CCCC2=O)C3=O)CCC[C@@H]1O. The van der Waals surface area contributed by atoms with Crippen molar-refractivity contribution in [2.45, 2.75) is 63.6 Å². The van der Waals surface area contributed by atoms with E-state index in [1.807, 2.05) is 12.1 Å². The molecule has 1 aromatic carbocycles. The highest BCUT2D eigenvalue weighted by molar-refractivity contribution is 6.04. The number of hydrazine groups is 1. The molecule has 0 aromatic heterocycles. The van der Waals surface area contributed by atoms with E-state index in [0.717, 1.165) is 41.8 Å². The van der Waals surface area contributed by atoms with Crippen LogP contribution in [-0.4, -0.2) is 45.0 Å². The van der Waals surface area contributed by atoms with Gasteiger partial charge < -0.3 is 10.8 Å². The molecule has 2 aliphatic heterocycles. The Bertz CT molecular complexity index is 777. The Kier molecular flexibility index (Phi) is 4.74. The van der Waals surface area contributed by atoms with Crippen molar-refractivity contribution in [2.24, 2.45) is 11.7 Å². The van der Waals surface area contributed by atoms with E-state index in [1.165, 1.54) is 5.01 Å². The van der Waals surface area contributed by atoms with E-state index in [-0.39, 0.29) is 36.2 Å². The van der Waals surface area contributed by atoms with Crippen LogP contribution in [0.4, 0.5) is 0 Å². The normalized spacial score (nSPS) is 28.7. The van der Waals surface area contributed by atoms with Gasteiger partial charge in [-0.3, -0.25) is 14.4 Å². The fraction of sp³-hybridized carbons (Fsp3) is 0.550. The fourth-order valence-corrected chi connectivity index (χ4v) is 4.49. The number of imide groups is 1. The molecule has 0 radical (unpaired) electrons. The van der Waals surface area contributed by atoms with Crippen LogP contribution in [0.15, 0.2) is 18.2 Å². The first-order valence-electron chi connectivity index (χ1n) is 9.68.